The molecular weight excluding hydrogens is 224 g/mol. The quantitative estimate of drug-likeness (QED) is 0.767. The highest BCUT2D eigenvalue weighted by atomic mass is 32.1. The van der Waals surface area contributed by atoms with Gasteiger partial charge in [-0.05, 0) is 17.8 Å². The third-order valence-corrected chi connectivity index (χ3v) is 2.89. The van der Waals surface area contributed by atoms with Crippen LogP contribution in [-0.4, -0.2) is 34.2 Å². The van der Waals surface area contributed by atoms with E-state index in [1.165, 1.54) is 0 Å². The van der Waals surface area contributed by atoms with Crippen LogP contribution in [0.2, 0.25) is 0 Å². The highest BCUT2D eigenvalue weighted by Gasteiger charge is 2.27. The maximum Gasteiger partial charge on any atom is 0.323 e. The van der Waals surface area contributed by atoms with Gasteiger partial charge in [0, 0.05) is 6.54 Å². The summed E-state index contributed by atoms with van der Waals surface area (Å²) in [5.41, 5.74) is 1.12. The Morgan fingerprint density at radius 2 is 2.19 bits per heavy atom. The molecule has 0 saturated carbocycles. The van der Waals surface area contributed by atoms with Crippen LogP contribution in [0, 0.1) is 0 Å². The van der Waals surface area contributed by atoms with E-state index in [1.807, 2.05) is 30.3 Å². The molecule has 0 aromatic heterocycles. The molecule has 1 saturated heterocycles. The average Bonchev–Trinajstić information content (AvgIpc) is 2.61. The standard InChI is InChI=1S/C11H12N2O2S/c14-10(15)7-13-6-9(12-11(13)16)8-4-2-1-3-5-8/h1-5,9H,6-7H2,(H,12,16)(H,14,15). The number of nitrogens with one attached hydrogen (secondary N) is 1. The van der Waals surface area contributed by atoms with Crippen molar-refractivity contribution in [2.24, 2.45) is 0 Å². The third kappa shape index (κ3) is 2.30. The summed E-state index contributed by atoms with van der Waals surface area (Å²) in [5, 5.41) is 12.3. The molecule has 2 rings (SSSR count). The Kier molecular flexibility index (Phi) is 3.05. The van der Waals surface area contributed by atoms with Crippen molar-refractivity contribution in [3.63, 3.8) is 0 Å². The van der Waals surface area contributed by atoms with Gasteiger partial charge in [-0.2, -0.15) is 0 Å². The van der Waals surface area contributed by atoms with Crippen molar-refractivity contribution in [3.8, 4) is 0 Å². The molecule has 1 aromatic carbocycles. The van der Waals surface area contributed by atoms with Gasteiger partial charge in [0.1, 0.15) is 6.54 Å². The molecule has 0 spiro atoms. The van der Waals surface area contributed by atoms with E-state index in [2.05, 4.69) is 5.32 Å². The maximum atomic E-state index is 10.6. The molecule has 0 aliphatic carbocycles. The van der Waals surface area contributed by atoms with Gasteiger partial charge in [0.15, 0.2) is 5.11 Å². The minimum atomic E-state index is -0.863. The first kappa shape index (κ1) is 10.9. The fourth-order valence-corrected chi connectivity index (χ4v) is 2.04. The monoisotopic (exact) mass is 236 g/mol. The van der Waals surface area contributed by atoms with E-state index in [4.69, 9.17) is 17.3 Å². The first-order valence-electron chi connectivity index (χ1n) is 4.99. The topological polar surface area (TPSA) is 52.6 Å². The summed E-state index contributed by atoms with van der Waals surface area (Å²) in [7, 11) is 0. The Balaban J connectivity index is 2.07. The number of carboxylic acid groups (broad SMARTS) is 1. The molecule has 1 aliphatic rings. The molecule has 1 aliphatic heterocycles. The van der Waals surface area contributed by atoms with Gasteiger partial charge in [-0.1, -0.05) is 30.3 Å². The van der Waals surface area contributed by atoms with E-state index >= 15 is 0 Å². The number of hydrogen-bond donors (Lipinski definition) is 2. The largest absolute Gasteiger partial charge is 0.480 e. The van der Waals surface area contributed by atoms with Gasteiger partial charge in [0.05, 0.1) is 6.04 Å². The number of nitrogens with zero attached hydrogens (tertiary/aromatic N) is 1. The summed E-state index contributed by atoms with van der Waals surface area (Å²) in [6.07, 6.45) is 0. The molecule has 0 bridgehead atoms. The van der Waals surface area contributed by atoms with Gasteiger partial charge in [-0.15, -0.1) is 0 Å². The van der Waals surface area contributed by atoms with E-state index in [0.29, 0.717) is 11.7 Å². The molecule has 84 valence electrons. The highest BCUT2D eigenvalue weighted by Crippen LogP contribution is 2.19. The van der Waals surface area contributed by atoms with Gasteiger partial charge in [-0.25, -0.2) is 0 Å². The molecule has 1 aromatic rings. The van der Waals surface area contributed by atoms with Crippen molar-refractivity contribution in [1.29, 1.82) is 0 Å². The number of benzene rings is 1. The fraction of sp³-hybridized carbons (Fsp3) is 0.273. The molecule has 2 N–H and O–H groups in total. The van der Waals surface area contributed by atoms with Crippen molar-refractivity contribution in [2.45, 2.75) is 6.04 Å². The van der Waals surface area contributed by atoms with E-state index in [-0.39, 0.29) is 12.6 Å². The van der Waals surface area contributed by atoms with Crippen LogP contribution < -0.4 is 5.32 Å². The van der Waals surface area contributed by atoms with E-state index in [1.54, 1.807) is 4.90 Å². The SMILES string of the molecule is O=C(O)CN1CC(c2ccccc2)NC1=S. The molecule has 1 unspecified atom stereocenters. The van der Waals surface area contributed by atoms with Gasteiger partial charge in [-0.3, -0.25) is 4.79 Å². The smallest absolute Gasteiger partial charge is 0.323 e. The zero-order valence-corrected chi connectivity index (χ0v) is 9.41. The number of hydrogen-bond acceptors (Lipinski definition) is 2. The number of rotatable bonds is 3. The van der Waals surface area contributed by atoms with Gasteiger partial charge >= 0.3 is 5.97 Å². The summed E-state index contributed by atoms with van der Waals surface area (Å²) in [4.78, 5) is 12.3. The number of carboxylic acids is 1. The Bertz CT molecular complexity index is 408. The van der Waals surface area contributed by atoms with E-state index in [9.17, 15) is 4.79 Å². The highest BCUT2D eigenvalue weighted by molar-refractivity contribution is 7.80. The lowest BCUT2D eigenvalue weighted by Crippen LogP contribution is -2.32. The molecule has 0 radical (unpaired) electrons. The van der Waals surface area contributed by atoms with E-state index < -0.39 is 5.97 Å². The van der Waals surface area contributed by atoms with Gasteiger partial charge in [0.25, 0.3) is 0 Å². The third-order valence-electron chi connectivity index (χ3n) is 2.52. The summed E-state index contributed by atoms with van der Waals surface area (Å²) in [6, 6.07) is 9.97. The number of thiocarbonyl (C=S) groups is 1. The normalized spacial score (nSPS) is 19.6. The summed E-state index contributed by atoms with van der Waals surface area (Å²) < 4.78 is 0. The number of aliphatic carboxylic acids is 1. The predicted molar refractivity (Wildman–Crippen MR) is 64.1 cm³/mol. The maximum absolute atomic E-state index is 10.6. The molecule has 4 nitrogen and oxygen atoms in total. The molecule has 1 fully saturated rings. The van der Waals surface area contributed by atoms with Crippen LogP contribution in [0.3, 0.4) is 0 Å². The second-order valence-corrected chi connectivity index (χ2v) is 4.07. The zero-order chi connectivity index (χ0) is 11.5. The summed E-state index contributed by atoms with van der Waals surface area (Å²) in [5.74, 6) is -0.863. The lowest BCUT2D eigenvalue weighted by Gasteiger charge is -2.13. The molecular formula is C11H12N2O2S. The van der Waals surface area contributed by atoms with Crippen molar-refractivity contribution < 1.29 is 9.90 Å². The molecule has 5 heteroatoms. The predicted octanol–water partition coefficient (Wildman–Crippen LogP) is 1.00. The van der Waals surface area contributed by atoms with Crippen LogP contribution in [0.4, 0.5) is 0 Å². The van der Waals surface area contributed by atoms with Crippen LogP contribution in [0.25, 0.3) is 0 Å². The molecule has 1 heterocycles. The van der Waals surface area contributed by atoms with Crippen molar-refractivity contribution in [2.75, 3.05) is 13.1 Å². The fourth-order valence-electron chi connectivity index (χ4n) is 1.76. The second kappa shape index (κ2) is 4.49. The minimum absolute atomic E-state index is 0.0465. The minimum Gasteiger partial charge on any atom is -0.480 e. The lowest BCUT2D eigenvalue weighted by molar-refractivity contribution is -0.137. The zero-order valence-electron chi connectivity index (χ0n) is 8.59. The van der Waals surface area contributed by atoms with Crippen LogP contribution in [0.15, 0.2) is 30.3 Å². The number of carbonyl (C=O) groups is 1. The first-order valence-corrected chi connectivity index (χ1v) is 5.40. The van der Waals surface area contributed by atoms with Crippen molar-refractivity contribution in [1.82, 2.24) is 10.2 Å². The summed E-state index contributed by atoms with van der Waals surface area (Å²) in [6.45, 7) is 0.560. The van der Waals surface area contributed by atoms with Crippen molar-refractivity contribution in [3.05, 3.63) is 35.9 Å². The first-order chi connectivity index (χ1) is 7.66. The lowest BCUT2D eigenvalue weighted by atomic mass is 10.1. The Morgan fingerprint density at radius 1 is 1.50 bits per heavy atom. The van der Waals surface area contributed by atoms with E-state index in [0.717, 1.165) is 5.56 Å². The van der Waals surface area contributed by atoms with Gasteiger partial charge in [0.2, 0.25) is 0 Å². The molecule has 0 amide bonds. The second-order valence-electron chi connectivity index (χ2n) is 3.69. The molecule has 16 heavy (non-hydrogen) atoms. The van der Waals surface area contributed by atoms with Crippen LogP contribution >= 0.6 is 12.2 Å². The Morgan fingerprint density at radius 3 is 2.81 bits per heavy atom. The Labute approximate surface area is 98.9 Å². The van der Waals surface area contributed by atoms with Crippen LogP contribution in [0.5, 0.6) is 0 Å². The average molecular weight is 236 g/mol. The van der Waals surface area contributed by atoms with Gasteiger partial charge < -0.3 is 15.3 Å². The summed E-state index contributed by atoms with van der Waals surface area (Å²) >= 11 is 5.09. The van der Waals surface area contributed by atoms with Crippen LogP contribution in [-0.2, 0) is 4.79 Å². The Hall–Kier alpha value is -1.62. The van der Waals surface area contributed by atoms with Crippen LogP contribution in [0.1, 0.15) is 11.6 Å². The van der Waals surface area contributed by atoms with Crippen molar-refractivity contribution >= 4 is 23.3 Å². The molecule has 1 atom stereocenters.